The average Bonchev–Trinajstić information content (AvgIpc) is 2.64. The normalized spacial score (nSPS) is 10.6. The molecule has 0 heterocycles. The molecule has 0 amide bonds. The van der Waals surface area contributed by atoms with E-state index in [4.69, 9.17) is 4.74 Å². The Labute approximate surface area is 146 Å². The predicted octanol–water partition coefficient (Wildman–Crippen LogP) is 4.66. The minimum atomic E-state index is -0.368. The Bertz CT molecular complexity index is 855. The van der Waals surface area contributed by atoms with Crippen LogP contribution >= 0.6 is 0 Å². The van der Waals surface area contributed by atoms with Gasteiger partial charge in [-0.05, 0) is 61.0 Å². The zero-order chi connectivity index (χ0) is 17.5. The maximum atomic E-state index is 12.1. The molecule has 0 spiro atoms. The van der Waals surface area contributed by atoms with E-state index in [1.807, 2.05) is 61.5 Å². The first kappa shape index (κ1) is 16.5. The summed E-state index contributed by atoms with van der Waals surface area (Å²) in [5.41, 5.74) is 6.40. The molecule has 0 aliphatic heterocycles. The van der Waals surface area contributed by atoms with E-state index >= 15 is 0 Å². The molecular weight excluding hydrogens is 312 g/mol. The monoisotopic (exact) mass is 330 g/mol. The number of aryl methyl sites for hydroxylation is 1. The highest BCUT2D eigenvalue weighted by atomic mass is 16.5. The van der Waals surface area contributed by atoms with Crippen molar-refractivity contribution in [1.82, 2.24) is 0 Å². The van der Waals surface area contributed by atoms with Crippen molar-refractivity contribution in [1.29, 1.82) is 0 Å². The largest absolute Gasteiger partial charge is 0.423 e. The molecule has 4 nitrogen and oxygen atoms in total. The van der Waals surface area contributed by atoms with Gasteiger partial charge in [-0.2, -0.15) is 5.10 Å². The third kappa shape index (κ3) is 4.78. The lowest BCUT2D eigenvalue weighted by Gasteiger charge is -2.05. The Balaban J connectivity index is 1.58. The van der Waals surface area contributed by atoms with Crippen LogP contribution in [-0.2, 0) is 0 Å². The van der Waals surface area contributed by atoms with E-state index in [1.54, 1.807) is 30.5 Å². The van der Waals surface area contributed by atoms with Crippen LogP contribution in [0.25, 0.3) is 0 Å². The molecule has 0 atom stereocenters. The fourth-order valence-electron chi connectivity index (χ4n) is 2.17. The SMILES string of the molecule is Cc1ccc(C(=O)Oc2ccc(C=NNc3ccccc3)cc2)cc1. The van der Waals surface area contributed by atoms with Crippen LogP contribution in [0, 0.1) is 6.92 Å². The van der Waals surface area contributed by atoms with Crippen molar-refractivity contribution in [2.75, 3.05) is 5.43 Å². The molecule has 3 aromatic rings. The Hall–Kier alpha value is -3.40. The van der Waals surface area contributed by atoms with Crippen LogP contribution < -0.4 is 10.2 Å². The number of hydrazone groups is 1. The summed E-state index contributed by atoms with van der Waals surface area (Å²) in [4.78, 5) is 12.1. The lowest BCUT2D eigenvalue weighted by atomic mass is 10.1. The van der Waals surface area contributed by atoms with Crippen molar-refractivity contribution in [2.45, 2.75) is 6.92 Å². The molecule has 3 aromatic carbocycles. The number of nitrogens with one attached hydrogen (secondary N) is 1. The maximum absolute atomic E-state index is 12.1. The highest BCUT2D eigenvalue weighted by Crippen LogP contribution is 2.14. The number of anilines is 1. The molecule has 3 rings (SSSR count). The van der Waals surface area contributed by atoms with Gasteiger partial charge in [-0.3, -0.25) is 5.43 Å². The van der Waals surface area contributed by atoms with Crippen molar-refractivity contribution in [2.24, 2.45) is 5.10 Å². The summed E-state index contributed by atoms with van der Waals surface area (Å²) in [7, 11) is 0. The van der Waals surface area contributed by atoms with Gasteiger partial charge in [-0.15, -0.1) is 0 Å². The molecule has 0 bridgehead atoms. The molecule has 4 heteroatoms. The summed E-state index contributed by atoms with van der Waals surface area (Å²) in [6.45, 7) is 1.97. The van der Waals surface area contributed by atoms with Crippen LogP contribution in [0.1, 0.15) is 21.5 Å². The third-order valence-electron chi connectivity index (χ3n) is 3.56. The van der Waals surface area contributed by atoms with Gasteiger partial charge in [0, 0.05) is 0 Å². The molecule has 0 unspecified atom stereocenters. The second-order valence-electron chi connectivity index (χ2n) is 5.56. The summed E-state index contributed by atoms with van der Waals surface area (Å²) in [5, 5.41) is 4.18. The standard InChI is InChI=1S/C21H18N2O2/c1-16-7-11-18(12-8-16)21(24)25-20-13-9-17(10-14-20)15-22-23-19-5-3-2-4-6-19/h2-15,23H,1H3. The average molecular weight is 330 g/mol. The number of nitrogens with zero attached hydrogens (tertiary/aromatic N) is 1. The Kier molecular flexibility index (Phi) is 5.22. The number of benzene rings is 3. The van der Waals surface area contributed by atoms with Crippen LogP contribution in [-0.4, -0.2) is 12.2 Å². The number of carbonyl (C=O) groups is 1. The summed E-state index contributed by atoms with van der Waals surface area (Å²) in [6.07, 6.45) is 1.71. The Morgan fingerprint density at radius 1 is 0.920 bits per heavy atom. The fourth-order valence-corrected chi connectivity index (χ4v) is 2.17. The first-order valence-corrected chi connectivity index (χ1v) is 7.94. The summed E-state index contributed by atoms with van der Waals surface area (Å²) >= 11 is 0. The van der Waals surface area contributed by atoms with Crippen LogP contribution in [0.15, 0.2) is 84.0 Å². The molecule has 0 aliphatic carbocycles. The maximum Gasteiger partial charge on any atom is 0.343 e. The Morgan fingerprint density at radius 3 is 2.28 bits per heavy atom. The van der Waals surface area contributed by atoms with E-state index in [9.17, 15) is 4.79 Å². The van der Waals surface area contributed by atoms with E-state index in [0.29, 0.717) is 11.3 Å². The minimum Gasteiger partial charge on any atom is -0.423 e. The van der Waals surface area contributed by atoms with Gasteiger partial charge >= 0.3 is 5.97 Å². The van der Waals surface area contributed by atoms with Crippen molar-refractivity contribution < 1.29 is 9.53 Å². The predicted molar refractivity (Wildman–Crippen MR) is 100 cm³/mol. The van der Waals surface area contributed by atoms with Gasteiger partial charge in [-0.1, -0.05) is 35.9 Å². The smallest absolute Gasteiger partial charge is 0.343 e. The third-order valence-corrected chi connectivity index (χ3v) is 3.56. The lowest BCUT2D eigenvalue weighted by Crippen LogP contribution is -2.08. The molecule has 124 valence electrons. The van der Waals surface area contributed by atoms with E-state index in [1.165, 1.54) is 0 Å². The number of carbonyl (C=O) groups excluding carboxylic acids is 1. The second-order valence-corrected chi connectivity index (χ2v) is 5.56. The van der Waals surface area contributed by atoms with Gasteiger partial charge < -0.3 is 4.74 Å². The first-order valence-electron chi connectivity index (χ1n) is 7.94. The topological polar surface area (TPSA) is 50.7 Å². The highest BCUT2D eigenvalue weighted by molar-refractivity contribution is 5.91. The molecule has 0 saturated carbocycles. The van der Waals surface area contributed by atoms with Crippen molar-refractivity contribution in [3.05, 3.63) is 95.6 Å². The molecule has 1 N–H and O–H groups in total. The highest BCUT2D eigenvalue weighted by Gasteiger charge is 2.07. The van der Waals surface area contributed by atoms with Crippen molar-refractivity contribution >= 4 is 17.9 Å². The van der Waals surface area contributed by atoms with E-state index < -0.39 is 0 Å². The lowest BCUT2D eigenvalue weighted by molar-refractivity contribution is 0.0735. The molecule has 0 fully saturated rings. The number of rotatable bonds is 5. The number of esters is 1. The number of para-hydroxylation sites is 1. The van der Waals surface area contributed by atoms with Gasteiger partial charge in [0.15, 0.2) is 0 Å². The molecular formula is C21H18N2O2. The molecule has 0 aromatic heterocycles. The van der Waals surface area contributed by atoms with Gasteiger partial charge in [0.1, 0.15) is 5.75 Å². The molecule has 0 aliphatic rings. The van der Waals surface area contributed by atoms with Crippen LogP contribution in [0.3, 0.4) is 0 Å². The zero-order valence-corrected chi connectivity index (χ0v) is 13.8. The van der Waals surface area contributed by atoms with E-state index in [2.05, 4.69) is 10.5 Å². The van der Waals surface area contributed by atoms with Gasteiger partial charge in [0.05, 0.1) is 17.5 Å². The van der Waals surface area contributed by atoms with Gasteiger partial charge in [0.2, 0.25) is 0 Å². The number of hydrogen-bond donors (Lipinski definition) is 1. The zero-order valence-electron chi connectivity index (χ0n) is 13.8. The fraction of sp³-hybridized carbons (Fsp3) is 0.0476. The first-order chi connectivity index (χ1) is 12.2. The van der Waals surface area contributed by atoms with Crippen LogP contribution in [0.4, 0.5) is 5.69 Å². The van der Waals surface area contributed by atoms with E-state index in [0.717, 1.165) is 16.8 Å². The van der Waals surface area contributed by atoms with E-state index in [-0.39, 0.29) is 5.97 Å². The van der Waals surface area contributed by atoms with Crippen LogP contribution in [0.2, 0.25) is 0 Å². The van der Waals surface area contributed by atoms with Crippen molar-refractivity contribution in [3.8, 4) is 5.75 Å². The summed E-state index contributed by atoms with van der Waals surface area (Å²) < 4.78 is 5.37. The summed E-state index contributed by atoms with van der Waals surface area (Å²) in [5.74, 6) is 0.130. The molecule has 0 radical (unpaired) electrons. The summed E-state index contributed by atoms with van der Waals surface area (Å²) in [6, 6.07) is 24.2. The Morgan fingerprint density at radius 2 is 1.60 bits per heavy atom. The van der Waals surface area contributed by atoms with Crippen molar-refractivity contribution in [3.63, 3.8) is 0 Å². The van der Waals surface area contributed by atoms with Crippen LogP contribution in [0.5, 0.6) is 5.75 Å². The molecule has 25 heavy (non-hydrogen) atoms. The second kappa shape index (κ2) is 7.93. The quantitative estimate of drug-likeness (QED) is 0.320. The van der Waals surface area contributed by atoms with Gasteiger partial charge in [-0.25, -0.2) is 4.79 Å². The number of hydrogen-bond acceptors (Lipinski definition) is 4. The minimum absolute atomic E-state index is 0.368. The number of ether oxygens (including phenoxy) is 1. The van der Waals surface area contributed by atoms with Gasteiger partial charge in [0.25, 0.3) is 0 Å². The molecule has 0 saturated heterocycles.